The van der Waals surface area contributed by atoms with Crippen molar-refractivity contribution in [2.45, 2.75) is 20.8 Å². The van der Waals surface area contributed by atoms with E-state index in [1.165, 1.54) is 0 Å². The first-order valence-corrected chi connectivity index (χ1v) is 11.7. The minimum atomic E-state index is -0.414. The van der Waals surface area contributed by atoms with Crippen molar-refractivity contribution in [1.82, 2.24) is 0 Å². The molecule has 0 aliphatic carbocycles. The van der Waals surface area contributed by atoms with E-state index in [-0.39, 0.29) is 0 Å². The summed E-state index contributed by atoms with van der Waals surface area (Å²) in [7, 11) is 1.64. The smallest absolute Gasteiger partial charge is 0.343 e. The molecule has 0 aliphatic heterocycles. The molecular weight excluding hydrogens is 452 g/mol. The molecule has 0 radical (unpaired) electrons. The third-order valence-electron chi connectivity index (χ3n) is 5.88. The fraction of sp³-hybridized carbons (Fsp3) is 0.167. The molecule has 0 aromatic heterocycles. The molecule has 0 saturated heterocycles. The van der Waals surface area contributed by atoms with Gasteiger partial charge in [0.05, 0.1) is 30.7 Å². The molecule has 6 heteroatoms. The molecule has 0 heterocycles. The van der Waals surface area contributed by atoms with E-state index in [1.54, 1.807) is 31.4 Å². The van der Waals surface area contributed by atoms with Crippen molar-refractivity contribution in [3.05, 3.63) is 102 Å². The Labute approximate surface area is 211 Å². The molecule has 0 fully saturated rings. The van der Waals surface area contributed by atoms with Crippen molar-refractivity contribution < 1.29 is 19.0 Å². The van der Waals surface area contributed by atoms with E-state index in [9.17, 15) is 4.79 Å². The Hall–Kier alpha value is -4.45. The molecule has 4 aromatic carbocycles. The predicted molar refractivity (Wildman–Crippen MR) is 141 cm³/mol. The zero-order chi connectivity index (χ0) is 25.5. The summed E-state index contributed by atoms with van der Waals surface area (Å²) in [6.07, 6.45) is 0. The van der Waals surface area contributed by atoms with Crippen LogP contribution in [0.2, 0.25) is 0 Å². The van der Waals surface area contributed by atoms with Crippen LogP contribution in [0.4, 0.5) is 11.4 Å². The summed E-state index contributed by atoms with van der Waals surface area (Å²) in [4.78, 5) is 12.8. The minimum Gasteiger partial charge on any atom is -0.497 e. The molecular formula is C30H28N2O4. The largest absolute Gasteiger partial charge is 0.497 e. The van der Waals surface area contributed by atoms with Crippen LogP contribution in [-0.2, 0) is 0 Å². The van der Waals surface area contributed by atoms with Crippen molar-refractivity contribution in [3.8, 4) is 28.4 Å². The summed E-state index contributed by atoms with van der Waals surface area (Å²) in [5.74, 6) is 1.68. The molecule has 0 bridgehead atoms. The summed E-state index contributed by atoms with van der Waals surface area (Å²) < 4.78 is 16.4. The van der Waals surface area contributed by atoms with Gasteiger partial charge in [-0.05, 0) is 104 Å². The van der Waals surface area contributed by atoms with Gasteiger partial charge in [0.1, 0.15) is 17.2 Å². The maximum atomic E-state index is 12.8. The average Bonchev–Trinajstić information content (AvgIpc) is 2.92. The Morgan fingerprint density at radius 1 is 0.722 bits per heavy atom. The van der Waals surface area contributed by atoms with Crippen molar-refractivity contribution in [2.24, 2.45) is 10.2 Å². The number of methoxy groups -OCH3 is 1. The van der Waals surface area contributed by atoms with Gasteiger partial charge in [-0.25, -0.2) is 4.79 Å². The van der Waals surface area contributed by atoms with Gasteiger partial charge in [0.15, 0.2) is 0 Å². The van der Waals surface area contributed by atoms with Gasteiger partial charge in [0.25, 0.3) is 0 Å². The Kier molecular flexibility index (Phi) is 7.75. The van der Waals surface area contributed by atoms with Gasteiger partial charge in [0, 0.05) is 0 Å². The molecule has 182 valence electrons. The van der Waals surface area contributed by atoms with Gasteiger partial charge < -0.3 is 14.2 Å². The maximum absolute atomic E-state index is 12.8. The molecule has 36 heavy (non-hydrogen) atoms. The van der Waals surface area contributed by atoms with Crippen LogP contribution in [0.25, 0.3) is 11.1 Å². The Bertz CT molecular complexity index is 1360. The third-order valence-corrected chi connectivity index (χ3v) is 5.88. The highest BCUT2D eigenvalue weighted by Crippen LogP contribution is 2.31. The standard InChI is InChI=1S/C30H28N2O4/c1-5-35-27-16-12-25(13-17-27)31-32-28-18-19-29(21(3)20(28)2)36-30(33)24-8-6-22(7-9-24)23-10-14-26(34-4)15-11-23/h6-19H,5H2,1-4H3. The van der Waals surface area contributed by atoms with Crippen LogP contribution in [0, 0.1) is 13.8 Å². The molecule has 4 rings (SSSR count). The summed E-state index contributed by atoms with van der Waals surface area (Å²) in [5, 5.41) is 8.69. The molecule has 0 amide bonds. The Morgan fingerprint density at radius 3 is 1.94 bits per heavy atom. The lowest BCUT2D eigenvalue weighted by Crippen LogP contribution is -2.09. The van der Waals surface area contributed by atoms with Gasteiger partial charge in [-0.2, -0.15) is 10.2 Å². The van der Waals surface area contributed by atoms with E-state index in [0.29, 0.717) is 23.6 Å². The molecule has 6 nitrogen and oxygen atoms in total. The van der Waals surface area contributed by atoms with Crippen LogP contribution in [0.5, 0.6) is 17.2 Å². The predicted octanol–water partition coefficient (Wildman–Crippen LogP) is 8.01. The van der Waals surface area contributed by atoms with Gasteiger partial charge in [0.2, 0.25) is 0 Å². The molecule has 0 atom stereocenters. The van der Waals surface area contributed by atoms with E-state index in [1.807, 2.05) is 81.4 Å². The highest BCUT2D eigenvalue weighted by molar-refractivity contribution is 5.92. The number of nitrogens with zero attached hydrogens (tertiary/aromatic N) is 2. The number of rotatable bonds is 8. The zero-order valence-electron chi connectivity index (χ0n) is 20.8. The van der Waals surface area contributed by atoms with Crippen molar-refractivity contribution >= 4 is 17.3 Å². The first-order valence-electron chi connectivity index (χ1n) is 11.7. The van der Waals surface area contributed by atoms with Crippen molar-refractivity contribution in [1.29, 1.82) is 0 Å². The summed E-state index contributed by atoms with van der Waals surface area (Å²) in [6, 6.07) is 26.1. The molecule has 0 N–H and O–H groups in total. The monoisotopic (exact) mass is 480 g/mol. The SMILES string of the molecule is CCOc1ccc(N=Nc2ccc(OC(=O)c3ccc(-c4ccc(OC)cc4)cc3)c(C)c2C)cc1. The average molecular weight is 481 g/mol. The van der Waals surface area contributed by atoms with Gasteiger partial charge in [-0.15, -0.1) is 0 Å². The fourth-order valence-electron chi connectivity index (χ4n) is 3.63. The Balaban J connectivity index is 1.44. The van der Waals surface area contributed by atoms with Gasteiger partial charge in [-0.3, -0.25) is 0 Å². The van der Waals surface area contributed by atoms with Gasteiger partial charge >= 0.3 is 5.97 Å². The zero-order valence-corrected chi connectivity index (χ0v) is 20.8. The lowest BCUT2D eigenvalue weighted by atomic mass is 10.0. The molecule has 0 unspecified atom stereocenters. The number of azo groups is 1. The van der Waals surface area contributed by atoms with E-state index >= 15 is 0 Å². The molecule has 0 saturated carbocycles. The van der Waals surface area contributed by atoms with Crippen LogP contribution in [0.15, 0.2) is 95.2 Å². The normalized spacial score (nSPS) is 10.9. The summed E-state index contributed by atoms with van der Waals surface area (Å²) in [6.45, 7) is 6.40. The summed E-state index contributed by atoms with van der Waals surface area (Å²) >= 11 is 0. The first-order chi connectivity index (χ1) is 17.5. The van der Waals surface area contributed by atoms with Crippen LogP contribution >= 0.6 is 0 Å². The second-order valence-corrected chi connectivity index (χ2v) is 8.16. The topological polar surface area (TPSA) is 69.5 Å². The lowest BCUT2D eigenvalue weighted by molar-refractivity contribution is 0.0733. The van der Waals surface area contributed by atoms with Crippen LogP contribution in [0.1, 0.15) is 28.4 Å². The van der Waals surface area contributed by atoms with E-state index in [2.05, 4.69) is 10.2 Å². The lowest BCUT2D eigenvalue weighted by Gasteiger charge is -2.11. The molecule has 0 aliphatic rings. The van der Waals surface area contributed by atoms with Crippen molar-refractivity contribution in [2.75, 3.05) is 13.7 Å². The quantitative estimate of drug-likeness (QED) is 0.145. The number of hydrogen-bond acceptors (Lipinski definition) is 6. The summed E-state index contributed by atoms with van der Waals surface area (Å²) in [5.41, 5.74) is 5.68. The number of ether oxygens (including phenoxy) is 3. The minimum absolute atomic E-state index is 0.414. The second kappa shape index (κ2) is 11.3. The number of carbonyl (C=O) groups excluding carboxylic acids is 1. The Morgan fingerprint density at radius 2 is 1.33 bits per heavy atom. The maximum Gasteiger partial charge on any atom is 0.343 e. The number of esters is 1. The molecule has 4 aromatic rings. The van der Waals surface area contributed by atoms with Crippen molar-refractivity contribution in [3.63, 3.8) is 0 Å². The van der Waals surface area contributed by atoms with Gasteiger partial charge in [-0.1, -0.05) is 24.3 Å². The fourth-order valence-corrected chi connectivity index (χ4v) is 3.63. The highest BCUT2D eigenvalue weighted by atomic mass is 16.5. The third kappa shape index (κ3) is 5.78. The highest BCUT2D eigenvalue weighted by Gasteiger charge is 2.13. The molecule has 0 spiro atoms. The second-order valence-electron chi connectivity index (χ2n) is 8.16. The van der Waals surface area contributed by atoms with E-state index < -0.39 is 5.97 Å². The van der Waals surface area contributed by atoms with Crippen LogP contribution in [0.3, 0.4) is 0 Å². The first kappa shape index (κ1) is 24.7. The number of hydrogen-bond donors (Lipinski definition) is 0. The van der Waals surface area contributed by atoms with E-state index in [4.69, 9.17) is 14.2 Å². The van der Waals surface area contributed by atoms with Crippen LogP contribution < -0.4 is 14.2 Å². The van der Waals surface area contributed by atoms with E-state index in [0.717, 1.165) is 39.4 Å². The number of carbonyl (C=O) groups is 1. The van der Waals surface area contributed by atoms with Crippen LogP contribution in [-0.4, -0.2) is 19.7 Å². The number of benzene rings is 4.